The highest BCUT2D eigenvalue weighted by atomic mass is 16.5. The Hall–Kier alpha value is -1.28. The monoisotopic (exact) mass is 271 g/mol. The van der Waals surface area contributed by atoms with Crippen molar-refractivity contribution in [3.63, 3.8) is 0 Å². The molecule has 20 heavy (non-hydrogen) atoms. The fraction of sp³-hybridized carbons (Fsp3) is 0.556. The molecule has 3 rings (SSSR count). The van der Waals surface area contributed by atoms with Crippen molar-refractivity contribution in [3.8, 4) is 5.75 Å². The van der Waals surface area contributed by atoms with Gasteiger partial charge in [-0.15, -0.1) is 0 Å². The predicted octanol–water partition coefficient (Wildman–Crippen LogP) is 3.56. The van der Waals surface area contributed by atoms with Crippen LogP contribution in [0.25, 0.3) is 0 Å². The average molecular weight is 271 g/mol. The van der Waals surface area contributed by atoms with E-state index in [0.29, 0.717) is 6.04 Å². The average Bonchev–Trinajstić information content (AvgIpc) is 3.06. The van der Waals surface area contributed by atoms with E-state index in [1.165, 1.54) is 18.4 Å². The maximum absolute atomic E-state index is 5.79. The number of hydrogen-bond donors (Lipinski definition) is 1. The first kappa shape index (κ1) is 13.7. The van der Waals surface area contributed by atoms with E-state index < -0.39 is 0 Å². The summed E-state index contributed by atoms with van der Waals surface area (Å²) in [4.78, 5) is 0. The SMILES string of the molecule is Cc1cccc(OCCNC(C)C2CC3C=CC2C3)c1. The van der Waals surface area contributed by atoms with Crippen LogP contribution in [0.15, 0.2) is 36.4 Å². The van der Waals surface area contributed by atoms with Gasteiger partial charge in [0.15, 0.2) is 0 Å². The van der Waals surface area contributed by atoms with Crippen LogP contribution in [-0.4, -0.2) is 19.2 Å². The molecule has 2 bridgehead atoms. The van der Waals surface area contributed by atoms with Crippen molar-refractivity contribution in [2.45, 2.75) is 32.7 Å². The highest BCUT2D eigenvalue weighted by Crippen LogP contribution is 2.44. The van der Waals surface area contributed by atoms with Gasteiger partial charge in [0.25, 0.3) is 0 Å². The quantitative estimate of drug-likeness (QED) is 0.631. The van der Waals surface area contributed by atoms with Crippen molar-refractivity contribution < 1.29 is 4.74 Å². The van der Waals surface area contributed by atoms with Gasteiger partial charge >= 0.3 is 0 Å². The lowest BCUT2D eigenvalue weighted by atomic mass is 9.87. The molecule has 2 nitrogen and oxygen atoms in total. The first-order valence-corrected chi connectivity index (χ1v) is 7.83. The number of benzene rings is 1. The van der Waals surface area contributed by atoms with Crippen LogP contribution >= 0.6 is 0 Å². The van der Waals surface area contributed by atoms with Gasteiger partial charge in [0.2, 0.25) is 0 Å². The summed E-state index contributed by atoms with van der Waals surface area (Å²) in [7, 11) is 0. The smallest absolute Gasteiger partial charge is 0.119 e. The zero-order chi connectivity index (χ0) is 13.9. The number of allylic oxidation sites excluding steroid dienone is 2. The highest BCUT2D eigenvalue weighted by Gasteiger charge is 2.38. The van der Waals surface area contributed by atoms with Crippen LogP contribution in [0.4, 0.5) is 0 Å². The van der Waals surface area contributed by atoms with Crippen LogP contribution in [0.3, 0.4) is 0 Å². The molecule has 1 aromatic rings. The highest BCUT2D eigenvalue weighted by molar-refractivity contribution is 5.27. The van der Waals surface area contributed by atoms with Crippen LogP contribution in [0.2, 0.25) is 0 Å². The van der Waals surface area contributed by atoms with E-state index in [2.05, 4.69) is 43.4 Å². The summed E-state index contributed by atoms with van der Waals surface area (Å²) in [6.07, 6.45) is 7.60. The Kier molecular flexibility index (Phi) is 4.11. The standard InChI is InChI=1S/C18H25NO/c1-13-4-3-5-17(10-13)20-9-8-19-14(2)18-12-15-6-7-16(18)11-15/h3-7,10,14-16,18-19H,8-9,11-12H2,1-2H3. The number of rotatable bonds is 6. The molecule has 2 aliphatic rings. The van der Waals surface area contributed by atoms with Gasteiger partial charge in [-0.3, -0.25) is 0 Å². The second-order valence-electron chi connectivity index (χ2n) is 6.35. The maximum atomic E-state index is 5.79. The summed E-state index contributed by atoms with van der Waals surface area (Å²) in [5.74, 6) is 3.48. The third kappa shape index (κ3) is 3.06. The summed E-state index contributed by atoms with van der Waals surface area (Å²) in [5, 5.41) is 3.64. The summed E-state index contributed by atoms with van der Waals surface area (Å²) in [6.45, 7) is 6.08. The van der Waals surface area contributed by atoms with Gasteiger partial charge in [0.05, 0.1) is 0 Å². The van der Waals surface area contributed by atoms with Gasteiger partial charge in [-0.1, -0.05) is 24.3 Å². The Labute approximate surface area is 122 Å². The summed E-state index contributed by atoms with van der Waals surface area (Å²) in [5.41, 5.74) is 1.25. The molecule has 1 N–H and O–H groups in total. The summed E-state index contributed by atoms with van der Waals surface area (Å²) < 4.78 is 5.79. The minimum atomic E-state index is 0.594. The van der Waals surface area contributed by atoms with Gasteiger partial charge in [-0.05, 0) is 62.1 Å². The molecule has 0 amide bonds. The normalized spacial score (nSPS) is 28.8. The molecule has 0 aliphatic heterocycles. The third-order valence-corrected chi connectivity index (χ3v) is 4.80. The van der Waals surface area contributed by atoms with Crippen LogP contribution in [-0.2, 0) is 0 Å². The van der Waals surface area contributed by atoms with Gasteiger partial charge in [0, 0.05) is 12.6 Å². The number of hydrogen-bond acceptors (Lipinski definition) is 2. The van der Waals surface area contributed by atoms with Crippen LogP contribution < -0.4 is 10.1 Å². The first-order valence-electron chi connectivity index (χ1n) is 7.83. The van der Waals surface area contributed by atoms with Gasteiger partial charge < -0.3 is 10.1 Å². The lowest BCUT2D eigenvalue weighted by Crippen LogP contribution is -2.37. The molecule has 2 heteroatoms. The molecule has 0 saturated heterocycles. The van der Waals surface area contributed by atoms with E-state index in [-0.39, 0.29) is 0 Å². The van der Waals surface area contributed by atoms with Crippen molar-refractivity contribution in [2.24, 2.45) is 17.8 Å². The van der Waals surface area contributed by atoms with Crippen molar-refractivity contribution in [1.29, 1.82) is 0 Å². The van der Waals surface area contributed by atoms with E-state index in [1.54, 1.807) is 0 Å². The Morgan fingerprint density at radius 2 is 2.20 bits per heavy atom. The fourth-order valence-electron chi connectivity index (χ4n) is 3.71. The second-order valence-corrected chi connectivity index (χ2v) is 6.35. The zero-order valence-corrected chi connectivity index (χ0v) is 12.5. The lowest BCUT2D eigenvalue weighted by molar-refractivity contribution is 0.276. The summed E-state index contributed by atoms with van der Waals surface area (Å²) in [6, 6.07) is 8.84. The van der Waals surface area contributed by atoms with Crippen molar-refractivity contribution in [3.05, 3.63) is 42.0 Å². The molecule has 108 valence electrons. The molecule has 1 saturated carbocycles. The third-order valence-electron chi connectivity index (χ3n) is 4.80. The topological polar surface area (TPSA) is 21.3 Å². The predicted molar refractivity (Wildman–Crippen MR) is 83.0 cm³/mol. The zero-order valence-electron chi connectivity index (χ0n) is 12.5. The first-order chi connectivity index (χ1) is 9.72. The van der Waals surface area contributed by atoms with E-state index in [1.807, 2.05) is 12.1 Å². The second kappa shape index (κ2) is 6.01. The van der Waals surface area contributed by atoms with Gasteiger partial charge in [-0.2, -0.15) is 0 Å². The number of nitrogens with one attached hydrogen (secondary N) is 1. The van der Waals surface area contributed by atoms with E-state index >= 15 is 0 Å². The molecule has 0 radical (unpaired) electrons. The van der Waals surface area contributed by atoms with Crippen molar-refractivity contribution in [1.82, 2.24) is 5.32 Å². The minimum Gasteiger partial charge on any atom is -0.492 e. The van der Waals surface area contributed by atoms with Gasteiger partial charge in [-0.25, -0.2) is 0 Å². The minimum absolute atomic E-state index is 0.594. The Morgan fingerprint density at radius 3 is 2.90 bits per heavy atom. The molecule has 1 fully saturated rings. The fourth-order valence-corrected chi connectivity index (χ4v) is 3.71. The van der Waals surface area contributed by atoms with Gasteiger partial charge in [0.1, 0.15) is 12.4 Å². The van der Waals surface area contributed by atoms with Crippen LogP contribution in [0.1, 0.15) is 25.3 Å². The lowest BCUT2D eigenvalue weighted by Gasteiger charge is -2.26. The van der Waals surface area contributed by atoms with Crippen LogP contribution in [0, 0.1) is 24.7 Å². The maximum Gasteiger partial charge on any atom is 0.119 e. The molecule has 1 aromatic carbocycles. The van der Waals surface area contributed by atoms with E-state index in [0.717, 1.165) is 36.7 Å². The van der Waals surface area contributed by atoms with Crippen molar-refractivity contribution >= 4 is 0 Å². The molecule has 0 heterocycles. The van der Waals surface area contributed by atoms with Crippen molar-refractivity contribution in [2.75, 3.05) is 13.2 Å². The molecule has 0 spiro atoms. The molecule has 0 aromatic heterocycles. The number of ether oxygens (including phenoxy) is 1. The molecule has 2 aliphatic carbocycles. The molecule has 4 atom stereocenters. The van der Waals surface area contributed by atoms with E-state index in [9.17, 15) is 0 Å². The van der Waals surface area contributed by atoms with Crippen LogP contribution in [0.5, 0.6) is 5.75 Å². The Bertz CT molecular complexity index is 482. The number of aryl methyl sites for hydroxylation is 1. The molecule has 4 unspecified atom stereocenters. The Balaban J connectivity index is 1.38. The largest absolute Gasteiger partial charge is 0.492 e. The van der Waals surface area contributed by atoms with E-state index in [4.69, 9.17) is 4.74 Å². The summed E-state index contributed by atoms with van der Waals surface area (Å²) >= 11 is 0. The molecular weight excluding hydrogens is 246 g/mol. The molecular formula is C18H25NO. The number of fused-ring (bicyclic) bond motifs is 2. The Morgan fingerprint density at radius 1 is 1.30 bits per heavy atom.